The molecule has 0 aromatic rings. The van der Waals surface area contributed by atoms with Crippen LogP contribution in [0, 0.1) is 0 Å². The Morgan fingerprint density at radius 3 is 1.96 bits per heavy atom. The van der Waals surface area contributed by atoms with Crippen molar-refractivity contribution in [2.75, 3.05) is 12.3 Å². The summed E-state index contributed by atoms with van der Waals surface area (Å²) in [5.74, 6) is -3.70. The van der Waals surface area contributed by atoms with Crippen molar-refractivity contribution in [1.82, 2.24) is 10.6 Å². The van der Waals surface area contributed by atoms with Crippen molar-refractivity contribution in [1.29, 1.82) is 0 Å². The van der Waals surface area contributed by atoms with Crippen molar-refractivity contribution in [2.45, 2.75) is 24.9 Å². The number of thiol groups is 1. The van der Waals surface area contributed by atoms with Gasteiger partial charge in [-0.2, -0.15) is 12.6 Å². The molecule has 0 saturated carbocycles. The predicted octanol–water partition coefficient (Wildman–Crippen LogP) is -13.7. The Morgan fingerprint density at radius 1 is 1.08 bits per heavy atom. The van der Waals surface area contributed by atoms with Crippen LogP contribution in [0.1, 0.15) is 18.5 Å². The maximum absolute atomic E-state index is 11.5. The third-order valence-corrected chi connectivity index (χ3v) is 2.61. The largest absolute Gasteiger partial charge is 1.00 e. The summed E-state index contributed by atoms with van der Waals surface area (Å²) in [5, 5.41) is 21.4. The molecule has 6 N–H and O–H groups in total. The second-order valence-corrected chi connectivity index (χ2v) is 4.26. The van der Waals surface area contributed by atoms with Crippen molar-refractivity contribution < 1.29 is 111 Å². The van der Waals surface area contributed by atoms with Crippen LogP contribution in [0.15, 0.2) is 0 Å². The molecule has 0 rings (SSSR count). The minimum atomic E-state index is -1.22. The predicted molar refractivity (Wildman–Crippen MR) is 75.7 cm³/mol. The van der Waals surface area contributed by atoms with Gasteiger partial charge in [-0.05, 0) is 6.42 Å². The maximum Gasteiger partial charge on any atom is 1.00 e. The van der Waals surface area contributed by atoms with E-state index in [9.17, 15) is 19.2 Å². The van der Waals surface area contributed by atoms with Crippen LogP contribution in [0.2, 0.25) is 0 Å². The molecule has 0 unspecified atom stereocenters. The number of amides is 2. The zero-order chi connectivity index (χ0) is 15.7. The van der Waals surface area contributed by atoms with E-state index in [0.717, 1.165) is 0 Å². The van der Waals surface area contributed by atoms with Gasteiger partial charge in [-0.1, -0.05) is 0 Å². The molecule has 0 radical (unpaired) electrons. The van der Waals surface area contributed by atoms with Crippen LogP contribution < -0.4 is 91.8 Å². The Morgan fingerprint density at radius 2 is 1.58 bits per heavy atom. The van der Waals surface area contributed by atoms with Crippen LogP contribution in [-0.4, -0.2) is 58.3 Å². The summed E-state index contributed by atoms with van der Waals surface area (Å²) in [5.41, 5.74) is 5.23. The van der Waals surface area contributed by atoms with Gasteiger partial charge in [0.15, 0.2) is 0 Å². The molecule has 0 bridgehead atoms. The quantitative estimate of drug-likeness (QED) is 0.180. The van der Waals surface area contributed by atoms with Crippen LogP contribution in [0.3, 0.4) is 0 Å². The van der Waals surface area contributed by atoms with Gasteiger partial charge in [0.1, 0.15) is 18.6 Å². The topological polar surface area (TPSA) is 159 Å². The standard InChI is InChI=1S/C10H17N3O6S.4Li.4H/c11-5(10(18)19)1-2-7(14)13-6(4-20)9(17)12-3-8(15)16;;;;;;;;/h5-6,20H,1-4,11H2,(H,12,17)(H,13,14)(H,15,16)(H,18,19);;;;;;;;/q;4*+1;4*-1/t5-,6-;;;;;;;;/m0......../s1. The molecule has 0 aliphatic heterocycles. The fourth-order valence-corrected chi connectivity index (χ4v) is 1.41. The molecule has 122 valence electrons. The number of carbonyl (C=O) groups excluding carboxylic acids is 2. The molecule has 2 amide bonds. The third kappa shape index (κ3) is 17.4. The van der Waals surface area contributed by atoms with E-state index in [0.29, 0.717) is 0 Å². The van der Waals surface area contributed by atoms with E-state index in [1.807, 2.05) is 0 Å². The summed E-state index contributed by atoms with van der Waals surface area (Å²) in [7, 11) is 0. The SMILES string of the molecule is N[C@@H](CCC(=O)N[C@@H](CS)C(=O)NCC(=O)O)C(=O)O.[H-].[H-].[H-].[H-].[Li+].[Li+].[Li+].[Li+]. The Kier molecular flexibility index (Phi) is 29.6. The van der Waals surface area contributed by atoms with Gasteiger partial charge in [-0.3, -0.25) is 19.2 Å². The number of carbonyl (C=O) groups is 4. The first kappa shape index (κ1) is 35.6. The summed E-state index contributed by atoms with van der Waals surface area (Å²) in [6, 6.07) is -2.15. The second-order valence-electron chi connectivity index (χ2n) is 3.90. The van der Waals surface area contributed by atoms with Gasteiger partial charge in [0, 0.05) is 12.2 Å². The van der Waals surface area contributed by atoms with Gasteiger partial charge in [-0.15, -0.1) is 0 Å². The zero-order valence-electron chi connectivity index (χ0n) is 18.5. The van der Waals surface area contributed by atoms with E-state index in [2.05, 4.69) is 23.3 Å². The van der Waals surface area contributed by atoms with E-state index in [1.165, 1.54) is 0 Å². The molecule has 0 spiro atoms. The monoisotopic (exact) mass is 339 g/mol. The molecule has 24 heavy (non-hydrogen) atoms. The minimum absolute atomic E-state index is 0. The molecule has 0 aliphatic rings. The minimum Gasteiger partial charge on any atom is -1.00 e. The van der Waals surface area contributed by atoms with Crippen LogP contribution in [0.4, 0.5) is 0 Å². The van der Waals surface area contributed by atoms with E-state index in [4.69, 9.17) is 15.9 Å². The number of hydrogen-bond donors (Lipinski definition) is 6. The Labute approximate surface area is 199 Å². The number of nitrogens with one attached hydrogen (secondary N) is 2. The Hall–Kier alpha value is 0.580. The molecule has 0 aromatic heterocycles. The molecule has 2 atom stereocenters. The van der Waals surface area contributed by atoms with E-state index < -0.39 is 42.4 Å². The summed E-state index contributed by atoms with van der Waals surface area (Å²) in [6.45, 7) is -0.567. The van der Waals surface area contributed by atoms with Gasteiger partial charge in [0.05, 0.1) is 0 Å². The van der Waals surface area contributed by atoms with E-state index in [-0.39, 0.29) is 99.7 Å². The first-order valence-corrected chi connectivity index (χ1v) is 6.29. The molecule has 0 fully saturated rings. The van der Waals surface area contributed by atoms with Gasteiger partial charge in [0.25, 0.3) is 0 Å². The van der Waals surface area contributed by atoms with Crippen LogP contribution in [0.25, 0.3) is 0 Å². The Balaban J connectivity index is -0.0000000645. The summed E-state index contributed by atoms with van der Waals surface area (Å²) < 4.78 is 0. The first-order chi connectivity index (χ1) is 9.27. The summed E-state index contributed by atoms with van der Waals surface area (Å²) >= 11 is 3.87. The Bertz CT molecular complexity index is 421. The maximum atomic E-state index is 11.5. The molecular formula is C10H21Li4N3O6S. The van der Waals surface area contributed by atoms with E-state index >= 15 is 0 Å². The molecule has 9 nitrogen and oxygen atoms in total. The number of hydrogen-bond acceptors (Lipinski definition) is 6. The van der Waals surface area contributed by atoms with Gasteiger partial charge in [0.2, 0.25) is 11.8 Å². The zero-order valence-corrected chi connectivity index (χ0v) is 15.4. The normalized spacial score (nSPS) is 10.9. The van der Waals surface area contributed by atoms with Crippen molar-refractivity contribution in [3.63, 3.8) is 0 Å². The average Bonchev–Trinajstić information content (AvgIpc) is 2.38. The van der Waals surface area contributed by atoms with Crippen molar-refractivity contribution in [3.8, 4) is 0 Å². The summed E-state index contributed by atoms with van der Waals surface area (Å²) in [4.78, 5) is 43.7. The number of carboxylic acids is 2. The van der Waals surface area contributed by atoms with Crippen molar-refractivity contribution >= 4 is 36.4 Å². The third-order valence-electron chi connectivity index (χ3n) is 2.25. The van der Waals surface area contributed by atoms with Crippen molar-refractivity contribution in [3.05, 3.63) is 0 Å². The van der Waals surface area contributed by atoms with Crippen LogP contribution in [-0.2, 0) is 19.2 Å². The number of carboxylic acid groups (broad SMARTS) is 2. The average molecular weight is 339 g/mol. The second kappa shape index (κ2) is 19.9. The van der Waals surface area contributed by atoms with Gasteiger partial charge >= 0.3 is 87.4 Å². The van der Waals surface area contributed by atoms with Crippen LogP contribution >= 0.6 is 12.6 Å². The first-order valence-electron chi connectivity index (χ1n) is 5.66. The van der Waals surface area contributed by atoms with Crippen molar-refractivity contribution in [2.24, 2.45) is 5.73 Å². The van der Waals surface area contributed by atoms with Gasteiger partial charge < -0.3 is 32.3 Å². The number of aliphatic carboxylic acids is 2. The van der Waals surface area contributed by atoms with Gasteiger partial charge in [-0.25, -0.2) is 0 Å². The molecule has 0 heterocycles. The number of rotatable bonds is 9. The molecule has 0 aliphatic carbocycles. The smallest absolute Gasteiger partial charge is 1.00 e. The molecule has 14 heteroatoms. The number of nitrogens with two attached hydrogens (primary N) is 1. The molecule has 0 aromatic carbocycles. The van der Waals surface area contributed by atoms with Crippen LogP contribution in [0.5, 0.6) is 0 Å². The fourth-order valence-electron chi connectivity index (χ4n) is 1.16. The molecular weight excluding hydrogens is 318 g/mol. The fraction of sp³-hybridized carbons (Fsp3) is 0.600. The van der Waals surface area contributed by atoms with E-state index in [1.54, 1.807) is 0 Å². The summed E-state index contributed by atoms with van der Waals surface area (Å²) in [6.07, 6.45) is -0.235. The molecule has 0 saturated heterocycles.